The van der Waals surface area contributed by atoms with Crippen molar-refractivity contribution in [3.63, 3.8) is 0 Å². The minimum Gasteiger partial charge on any atom is -0.445 e. The number of rotatable bonds is 5. The highest BCUT2D eigenvalue weighted by atomic mass is 16.6. The molecule has 1 amide bonds. The van der Waals surface area contributed by atoms with E-state index in [4.69, 9.17) is 4.74 Å². The van der Waals surface area contributed by atoms with Gasteiger partial charge in [0, 0.05) is 24.4 Å². The smallest absolute Gasteiger partial charge is 0.410 e. The summed E-state index contributed by atoms with van der Waals surface area (Å²) >= 11 is 0. The lowest BCUT2D eigenvalue weighted by Crippen LogP contribution is -2.55. The molecule has 2 bridgehead atoms. The summed E-state index contributed by atoms with van der Waals surface area (Å²) in [6, 6.07) is 18.5. The zero-order valence-electron chi connectivity index (χ0n) is 19.5. The van der Waals surface area contributed by atoms with Gasteiger partial charge in [0.15, 0.2) is 0 Å². The van der Waals surface area contributed by atoms with E-state index in [1.165, 1.54) is 5.56 Å². The molecule has 2 aromatic rings. The molecule has 2 heterocycles. The van der Waals surface area contributed by atoms with Gasteiger partial charge >= 0.3 is 6.09 Å². The standard InChI is InChI=1S/C28H35NO3/c1-28(2,3)23-14-12-20(13-15-23)16-26(30)22-17-24-10-7-11-25(18-22)29(24)27(31)32-19-21-8-5-4-6-9-21/h4-6,8-9,12-15,22,24-25H,7,10-11,16-19H2,1-3H3. The summed E-state index contributed by atoms with van der Waals surface area (Å²) in [5, 5.41) is 0. The Bertz CT molecular complexity index is 915. The molecular formula is C28H35NO3. The van der Waals surface area contributed by atoms with Gasteiger partial charge in [-0.05, 0) is 54.2 Å². The van der Waals surface area contributed by atoms with Gasteiger partial charge in [0.1, 0.15) is 12.4 Å². The van der Waals surface area contributed by atoms with Gasteiger partial charge in [-0.1, -0.05) is 75.4 Å². The zero-order valence-corrected chi connectivity index (χ0v) is 19.5. The quantitative estimate of drug-likeness (QED) is 0.575. The summed E-state index contributed by atoms with van der Waals surface area (Å²) in [4.78, 5) is 28.0. The van der Waals surface area contributed by atoms with Crippen LogP contribution in [0.4, 0.5) is 4.79 Å². The molecule has 4 nitrogen and oxygen atoms in total. The summed E-state index contributed by atoms with van der Waals surface area (Å²) in [5.74, 6) is 0.341. The normalized spacial score (nSPS) is 23.0. The molecule has 0 spiro atoms. The molecular weight excluding hydrogens is 398 g/mol. The van der Waals surface area contributed by atoms with Crippen LogP contribution in [0.2, 0.25) is 0 Å². The lowest BCUT2D eigenvalue weighted by molar-refractivity contribution is -0.126. The average Bonchev–Trinajstić information content (AvgIpc) is 2.77. The molecule has 0 N–H and O–H groups in total. The number of fused-ring (bicyclic) bond motifs is 2. The maximum Gasteiger partial charge on any atom is 0.410 e. The van der Waals surface area contributed by atoms with E-state index in [1.807, 2.05) is 35.2 Å². The number of ketones is 1. The predicted molar refractivity (Wildman–Crippen MR) is 126 cm³/mol. The first-order chi connectivity index (χ1) is 15.3. The van der Waals surface area contributed by atoms with Crippen molar-refractivity contribution in [2.45, 2.75) is 83.4 Å². The molecule has 2 aliphatic rings. The molecule has 2 fully saturated rings. The first-order valence-corrected chi connectivity index (χ1v) is 11.9. The fourth-order valence-electron chi connectivity index (χ4n) is 5.20. The molecule has 0 radical (unpaired) electrons. The van der Waals surface area contributed by atoms with Crippen molar-refractivity contribution >= 4 is 11.9 Å². The fraction of sp³-hybridized carbons (Fsp3) is 0.500. The van der Waals surface area contributed by atoms with Crippen molar-refractivity contribution in [1.29, 1.82) is 0 Å². The second-order valence-corrected chi connectivity index (χ2v) is 10.4. The molecule has 2 atom stereocenters. The second-order valence-electron chi connectivity index (χ2n) is 10.4. The van der Waals surface area contributed by atoms with Crippen molar-refractivity contribution in [3.05, 3.63) is 71.3 Å². The van der Waals surface area contributed by atoms with Gasteiger partial charge in [0.05, 0.1) is 0 Å². The van der Waals surface area contributed by atoms with Crippen LogP contribution in [0, 0.1) is 5.92 Å². The summed E-state index contributed by atoms with van der Waals surface area (Å²) < 4.78 is 5.64. The van der Waals surface area contributed by atoms with Gasteiger partial charge in [0.2, 0.25) is 0 Å². The number of Topliss-reactive ketones (excluding diaryl/α,β-unsaturated/α-hetero) is 1. The van der Waals surface area contributed by atoms with Crippen LogP contribution in [-0.2, 0) is 28.0 Å². The van der Waals surface area contributed by atoms with Gasteiger partial charge < -0.3 is 9.64 Å². The van der Waals surface area contributed by atoms with E-state index in [0.29, 0.717) is 18.8 Å². The van der Waals surface area contributed by atoms with E-state index < -0.39 is 0 Å². The van der Waals surface area contributed by atoms with Gasteiger partial charge in [-0.25, -0.2) is 4.79 Å². The number of carbonyl (C=O) groups excluding carboxylic acids is 2. The van der Waals surface area contributed by atoms with Gasteiger partial charge in [-0.15, -0.1) is 0 Å². The molecule has 0 aromatic heterocycles. The number of hydrogen-bond donors (Lipinski definition) is 0. The highest BCUT2D eigenvalue weighted by molar-refractivity contribution is 5.84. The molecule has 170 valence electrons. The average molecular weight is 434 g/mol. The Labute approximate surface area is 192 Å². The van der Waals surface area contributed by atoms with Crippen molar-refractivity contribution in [2.75, 3.05) is 0 Å². The largest absolute Gasteiger partial charge is 0.445 e. The van der Waals surface area contributed by atoms with E-state index in [9.17, 15) is 9.59 Å². The van der Waals surface area contributed by atoms with Crippen LogP contribution in [0.25, 0.3) is 0 Å². The van der Waals surface area contributed by atoms with Crippen LogP contribution in [0.3, 0.4) is 0 Å². The SMILES string of the molecule is CC(C)(C)c1ccc(CC(=O)C2CC3CCCC(C2)N3C(=O)OCc2ccccc2)cc1. The first kappa shape index (κ1) is 22.6. The molecule has 2 aliphatic heterocycles. The molecule has 4 rings (SSSR count). The third kappa shape index (κ3) is 5.23. The van der Waals surface area contributed by atoms with Gasteiger partial charge in [-0.3, -0.25) is 4.79 Å². The number of hydrogen-bond acceptors (Lipinski definition) is 3. The van der Waals surface area contributed by atoms with Crippen molar-refractivity contribution < 1.29 is 14.3 Å². The monoisotopic (exact) mass is 433 g/mol. The van der Waals surface area contributed by atoms with Crippen LogP contribution < -0.4 is 0 Å². The summed E-state index contributed by atoms with van der Waals surface area (Å²) in [6.45, 7) is 6.89. The molecule has 0 saturated carbocycles. The lowest BCUT2D eigenvalue weighted by atomic mass is 9.76. The lowest BCUT2D eigenvalue weighted by Gasteiger charge is -2.47. The number of piperidine rings is 2. The molecule has 0 aliphatic carbocycles. The Balaban J connectivity index is 1.36. The van der Waals surface area contributed by atoms with Crippen LogP contribution in [0.1, 0.15) is 69.6 Å². The van der Waals surface area contributed by atoms with Crippen molar-refractivity contribution in [3.8, 4) is 0 Å². The van der Waals surface area contributed by atoms with Gasteiger partial charge in [0.25, 0.3) is 0 Å². The summed E-state index contributed by atoms with van der Waals surface area (Å²) in [5.41, 5.74) is 3.47. The Hall–Kier alpha value is -2.62. The van der Waals surface area contributed by atoms with E-state index in [1.54, 1.807) is 0 Å². The predicted octanol–water partition coefficient (Wildman–Crippen LogP) is 6.07. The van der Waals surface area contributed by atoms with Crippen LogP contribution in [0.5, 0.6) is 0 Å². The zero-order chi connectivity index (χ0) is 22.7. The Morgan fingerprint density at radius 3 is 2.12 bits per heavy atom. The maximum absolute atomic E-state index is 13.1. The Morgan fingerprint density at radius 1 is 0.906 bits per heavy atom. The second kappa shape index (κ2) is 9.48. The molecule has 2 unspecified atom stereocenters. The van der Waals surface area contributed by atoms with Gasteiger partial charge in [-0.2, -0.15) is 0 Å². The number of amides is 1. The number of benzene rings is 2. The molecule has 4 heteroatoms. The Kier molecular flexibility index (Phi) is 6.68. The van der Waals surface area contributed by atoms with Crippen LogP contribution in [-0.4, -0.2) is 28.9 Å². The highest BCUT2D eigenvalue weighted by Crippen LogP contribution is 2.38. The first-order valence-electron chi connectivity index (χ1n) is 11.9. The summed E-state index contributed by atoms with van der Waals surface area (Å²) in [6.07, 6.45) is 4.81. The van der Waals surface area contributed by atoms with Crippen molar-refractivity contribution in [2.24, 2.45) is 5.92 Å². The third-order valence-electron chi connectivity index (χ3n) is 7.04. The molecule has 2 aromatic carbocycles. The van der Waals surface area contributed by atoms with E-state index in [2.05, 4.69) is 45.0 Å². The van der Waals surface area contributed by atoms with Crippen LogP contribution >= 0.6 is 0 Å². The van der Waals surface area contributed by atoms with Crippen LogP contribution in [0.15, 0.2) is 54.6 Å². The topological polar surface area (TPSA) is 46.6 Å². The minimum absolute atomic E-state index is 0.0331. The molecule has 32 heavy (non-hydrogen) atoms. The van der Waals surface area contributed by atoms with E-state index in [-0.39, 0.29) is 29.5 Å². The van der Waals surface area contributed by atoms with Crippen molar-refractivity contribution in [1.82, 2.24) is 4.90 Å². The summed E-state index contributed by atoms with van der Waals surface area (Å²) in [7, 11) is 0. The minimum atomic E-state index is -0.229. The highest BCUT2D eigenvalue weighted by Gasteiger charge is 2.43. The number of ether oxygens (including phenoxy) is 1. The Morgan fingerprint density at radius 2 is 1.53 bits per heavy atom. The maximum atomic E-state index is 13.1. The molecule has 2 saturated heterocycles. The fourth-order valence-corrected chi connectivity index (χ4v) is 5.20. The number of nitrogens with zero attached hydrogens (tertiary/aromatic N) is 1. The third-order valence-corrected chi connectivity index (χ3v) is 7.04. The van der Waals surface area contributed by atoms with E-state index in [0.717, 1.165) is 43.2 Å². The van der Waals surface area contributed by atoms with E-state index >= 15 is 0 Å². The number of carbonyl (C=O) groups is 2.